The Labute approximate surface area is 182 Å². The Morgan fingerprint density at radius 1 is 0.968 bits per heavy atom. The van der Waals surface area contributed by atoms with Gasteiger partial charge in [-0.2, -0.15) is 0 Å². The molecule has 1 atom stereocenters. The standard InChI is InChI=1S/C24H33F2NO4/c25-24(26,21-8-4-3-5-9-21)12-15-31-14-7-2-1-6-13-27-23(30)17-19-10-11-22(29)20(16-19)18-28/h3-5,8-11,16,23,27-30H,1-2,6-7,12-15,17-18H2. The molecule has 7 heteroatoms. The molecule has 5 nitrogen and oxygen atoms in total. The minimum absolute atomic E-state index is 0.0209. The first kappa shape index (κ1) is 25.2. The molecule has 2 aromatic carbocycles. The van der Waals surface area contributed by atoms with Crippen LogP contribution in [0, 0.1) is 0 Å². The first-order chi connectivity index (χ1) is 14.9. The molecule has 0 heterocycles. The zero-order chi connectivity index (χ0) is 22.5. The van der Waals surface area contributed by atoms with Crippen molar-refractivity contribution in [1.82, 2.24) is 5.32 Å². The van der Waals surface area contributed by atoms with Gasteiger partial charge >= 0.3 is 0 Å². The minimum atomic E-state index is -2.87. The molecule has 0 saturated carbocycles. The SMILES string of the molecule is OCc1cc(CC(O)NCCCCCCOCCC(F)(F)c2ccccc2)ccc1O. The minimum Gasteiger partial charge on any atom is -0.508 e. The van der Waals surface area contributed by atoms with Gasteiger partial charge in [-0.1, -0.05) is 49.2 Å². The predicted molar refractivity (Wildman–Crippen MR) is 116 cm³/mol. The van der Waals surface area contributed by atoms with Crippen molar-refractivity contribution in [3.05, 3.63) is 65.2 Å². The predicted octanol–water partition coefficient (Wildman–Crippen LogP) is 4.09. The summed E-state index contributed by atoms with van der Waals surface area (Å²) in [5.41, 5.74) is 1.29. The van der Waals surface area contributed by atoms with E-state index in [4.69, 9.17) is 4.74 Å². The molecule has 0 aliphatic heterocycles. The van der Waals surface area contributed by atoms with E-state index in [-0.39, 0.29) is 30.9 Å². The Morgan fingerprint density at radius 3 is 2.45 bits per heavy atom. The van der Waals surface area contributed by atoms with E-state index in [1.807, 2.05) is 0 Å². The molecule has 0 fully saturated rings. The second kappa shape index (κ2) is 13.4. The number of ether oxygens (including phenoxy) is 1. The summed E-state index contributed by atoms with van der Waals surface area (Å²) < 4.78 is 33.4. The lowest BCUT2D eigenvalue weighted by molar-refractivity contribution is -0.0388. The van der Waals surface area contributed by atoms with Crippen LogP contribution >= 0.6 is 0 Å². The Bertz CT molecular complexity index is 758. The number of phenols is 1. The second-order valence-electron chi connectivity index (χ2n) is 7.64. The highest BCUT2D eigenvalue weighted by molar-refractivity contribution is 5.35. The number of aromatic hydroxyl groups is 1. The molecule has 0 radical (unpaired) electrons. The molecule has 0 bridgehead atoms. The van der Waals surface area contributed by atoms with Crippen molar-refractivity contribution < 1.29 is 28.8 Å². The van der Waals surface area contributed by atoms with Crippen molar-refractivity contribution in [2.24, 2.45) is 0 Å². The number of alkyl halides is 2. The van der Waals surface area contributed by atoms with Gasteiger partial charge in [-0.15, -0.1) is 0 Å². The third-order valence-corrected chi connectivity index (χ3v) is 5.10. The van der Waals surface area contributed by atoms with Gasteiger partial charge in [0.2, 0.25) is 0 Å². The molecule has 0 spiro atoms. The van der Waals surface area contributed by atoms with E-state index >= 15 is 0 Å². The Hall–Kier alpha value is -2.06. The zero-order valence-corrected chi connectivity index (χ0v) is 17.8. The molecule has 0 aliphatic carbocycles. The average Bonchev–Trinajstić information content (AvgIpc) is 2.77. The van der Waals surface area contributed by atoms with Crippen LogP contribution < -0.4 is 5.32 Å². The number of unbranched alkanes of at least 4 members (excludes halogenated alkanes) is 3. The average molecular weight is 438 g/mol. The van der Waals surface area contributed by atoms with Crippen molar-refractivity contribution in [3.63, 3.8) is 0 Å². The molecule has 4 N–H and O–H groups in total. The van der Waals surface area contributed by atoms with E-state index in [0.717, 1.165) is 31.2 Å². The largest absolute Gasteiger partial charge is 0.508 e. The maximum Gasteiger partial charge on any atom is 0.275 e. The number of benzene rings is 2. The van der Waals surface area contributed by atoms with Gasteiger partial charge in [-0.05, 0) is 37.1 Å². The quantitative estimate of drug-likeness (QED) is 0.249. The molecule has 0 amide bonds. The highest BCUT2D eigenvalue weighted by atomic mass is 19.3. The van der Waals surface area contributed by atoms with Crippen molar-refractivity contribution in [3.8, 4) is 5.75 Å². The van der Waals surface area contributed by atoms with Crippen LogP contribution in [0.5, 0.6) is 5.75 Å². The van der Waals surface area contributed by atoms with E-state index in [9.17, 15) is 24.1 Å². The fraction of sp³-hybridized carbons (Fsp3) is 0.500. The van der Waals surface area contributed by atoms with Crippen LogP contribution in [-0.4, -0.2) is 41.3 Å². The molecule has 0 aromatic heterocycles. The fourth-order valence-electron chi connectivity index (χ4n) is 3.27. The Balaban J connectivity index is 1.47. The monoisotopic (exact) mass is 437 g/mol. The third-order valence-electron chi connectivity index (χ3n) is 5.10. The van der Waals surface area contributed by atoms with Crippen molar-refractivity contribution >= 4 is 0 Å². The number of hydrogen-bond acceptors (Lipinski definition) is 5. The highest BCUT2D eigenvalue weighted by Gasteiger charge is 2.30. The summed E-state index contributed by atoms with van der Waals surface area (Å²) in [6, 6.07) is 12.7. The lowest BCUT2D eigenvalue weighted by atomic mass is 10.1. The topological polar surface area (TPSA) is 82.0 Å². The van der Waals surface area contributed by atoms with Gasteiger partial charge in [0.05, 0.1) is 13.2 Å². The van der Waals surface area contributed by atoms with E-state index in [2.05, 4.69) is 5.32 Å². The van der Waals surface area contributed by atoms with Gasteiger partial charge in [-0.3, -0.25) is 5.32 Å². The van der Waals surface area contributed by atoms with Crippen LogP contribution in [0.3, 0.4) is 0 Å². The van der Waals surface area contributed by atoms with Gasteiger partial charge < -0.3 is 20.1 Å². The van der Waals surface area contributed by atoms with Crippen molar-refractivity contribution in [2.45, 2.75) is 57.3 Å². The Kier molecular flexibility index (Phi) is 10.9. The smallest absolute Gasteiger partial charge is 0.275 e. The fourth-order valence-corrected chi connectivity index (χ4v) is 3.27. The van der Waals surface area contributed by atoms with Crippen LogP contribution in [0.4, 0.5) is 8.78 Å². The van der Waals surface area contributed by atoms with Crippen LogP contribution in [0.1, 0.15) is 48.8 Å². The highest BCUT2D eigenvalue weighted by Crippen LogP contribution is 2.31. The molecular weight excluding hydrogens is 404 g/mol. The summed E-state index contributed by atoms with van der Waals surface area (Å²) >= 11 is 0. The number of nitrogens with one attached hydrogen (secondary N) is 1. The maximum atomic E-state index is 14.0. The summed E-state index contributed by atoms with van der Waals surface area (Å²) in [6.45, 7) is 0.915. The van der Waals surface area contributed by atoms with E-state index in [0.29, 0.717) is 25.1 Å². The van der Waals surface area contributed by atoms with E-state index < -0.39 is 12.2 Å². The van der Waals surface area contributed by atoms with Gasteiger partial charge in [-0.25, -0.2) is 8.78 Å². The molecule has 1 unspecified atom stereocenters. The van der Waals surface area contributed by atoms with Gasteiger partial charge in [0.25, 0.3) is 5.92 Å². The van der Waals surface area contributed by atoms with Gasteiger partial charge in [0.15, 0.2) is 0 Å². The zero-order valence-electron chi connectivity index (χ0n) is 17.8. The molecule has 0 saturated heterocycles. The first-order valence-corrected chi connectivity index (χ1v) is 10.8. The summed E-state index contributed by atoms with van der Waals surface area (Å²) in [5.74, 6) is -2.82. The second-order valence-corrected chi connectivity index (χ2v) is 7.64. The molecule has 31 heavy (non-hydrogen) atoms. The molecule has 172 valence electrons. The number of aliphatic hydroxyl groups excluding tert-OH is 2. The van der Waals surface area contributed by atoms with Crippen LogP contribution in [0.15, 0.2) is 48.5 Å². The van der Waals surface area contributed by atoms with Crippen LogP contribution in [-0.2, 0) is 23.7 Å². The van der Waals surface area contributed by atoms with Gasteiger partial charge in [0, 0.05) is 30.6 Å². The normalized spacial score (nSPS) is 12.8. The van der Waals surface area contributed by atoms with Crippen molar-refractivity contribution in [2.75, 3.05) is 19.8 Å². The number of rotatable bonds is 15. The van der Waals surface area contributed by atoms with Gasteiger partial charge in [0.1, 0.15) is 12.0 Å². The summed E-state index contributed by atoms with van der Waals surface area (Å²) in [5, 5.41) is 31.8. The Morgan fingerprint density at radius 2 is 1.71 bits per heavy atom. The molecule has 0 aliphatic rings. The number of halogens is 2. The summed E-state index contributed by atoms with van der Waals surface area (Å²) in [7, 11) is 0. The van der Waals surface area contributed by atoms with Crippen LogP contribution in [0.2, 0.25) is 0 Å². The van der Waals surface area contributed by atoms with Crippen molar-refractivity contribution in [1.29, 1.82) is 0 Å². The van der Waals surface area contributed by atoms with E-state index in [1.165, 1.54) is 18.2 Å². The number of hydrogen-bond donors (Lipinski definition) is 4. The molecular formula is C24H33F2NO4. The molecule has 2 aromatic rings. The first-order valence-electron chi connectivity index (χ1n) is 10.8. The molecule has 2 rings (SSSR count). The number of aliphatic hydroxyl groups is 2. The third kappa shape index (κ3) is 9.31. The summed E-state index contributed by atoms with van der Waals surface area (Å²) in [6.07, 6.45) is 2.96. The van der Waals surface area contributed by atoms with E-state index in [1.54, 1.807) is 30.3 Å². The maximum absolute atomic E-state index is 14.0. The lowest BCUT2D eigenvalue weighted by Crippen LogP contribution is -2.31. The van der Waals surface area contributed by atoms with Crippen LogP contribution in [0.25, 0.3) is 0 Å². The lowest BCUT2D eigenvalue weighted by Gasteiger charge is -2.16. The summed E-state index contributed by atoms with van der Waals surface area (Å²) in [4.78, 5) is 0.